The van der Waals surface area contributed by atoms with Crippen molar-refractivity contribution in [3.05, 3.63) is 113 Å². The molecule has 1 aliphatic heterocycles. The number of anilines is 1. The lowest BCUT2D eigenvalue weighted by molar-refractivity contribution is -0.131. The largest absolute Gasteiger partial charge is 0.478 e. The number of carbonyl (C=O) groups is 1. The van der Waals surface area contributed by atoms with Crippen LogP contribution in [0.5, 0.6) is 0 Å². The number of aromatic nitrogens is 2. The van der Waals surface area contributed by atoms with Crippen molar-refractivity contribution >= 4 is 17.7 Å². The third-order valence-corrected chi connectivity index (χ3v) is 7.97. The summed E-state index contributed by atoms with van der Waals surface area (Å²) in [6.07, 6.45) is 9.75. The fraction of sp³-hybridized carbons (Fsp3) is 0.273. The van der Waals surface area contributed by atoms with Crippen LogP contribution in [0.3, 0.4) is 0 Å². The molecule has 3 aromatic carbocycles. The molecule has 1 fully saturated rings. The quantitative estimate of drug-likeness (QED) is 0.261. The Morgan fingerprint density at radius 3 is 2.49 bits per heavy atom. The van der Waals surface area contributed by atoms with Crippen molar-refractivity contribution in [1.29, 1.82) is 0 Å². The summed E-state index contributed by atoms with van der Waals surface area (Å²) in [5.74, 6) is -0.732. The Balaban J connectivity index is 1.45. The molecule has 6 heteroatoms. The van der Waals surface area contributed by atoms with Gasteiger partial charge in [-0.1, -0.05) is 42.5 Å². The minimum atomic E-state index is -1.06. The Morgan fingerprint density at radius 1 is 1.05 bits per heavy atom. The number of aryl methyl sites for hydroxylation is 1. The molecule has 2 aliphatic rings. The molecule has 6 rings (SSSR count). The highest BCUT2D eigenvalue weighted by Crippen LogP contribution is 2.45. The highest BCUT2D eigenvalue weighted by molar-refractivity contribution is 5.85. The van der Waals surface area contributed by atoms with Gasteiger partial charge in [0.15, 0.2) is 0 Å². The molecular formula is C33H32FN3O2. The number of rotatable bonds is 7. The molecule has 2 atom stereocenters. The second kappa shape index (κ2) is 10.2. The molecule has 1 aromatic heterocycles. The zero-order chi connectivity index (χ0) is 27.1. The van der Waals surface area contributed by atoms with Gasteiger partial charge in [-0.3, -0.25) is 4.68 Å². The first-order valence-corrected chi connectivity index (χ1v) is 13.7. The van der Waals surface area contributed by atoms with Crippen molar-refractivity contribution in [1.82, 2.24) is 9.78 Å². The summed E-state index contributed by atoms with van der Waals surface area (Å²) in [7, 11) is 0. The van der Waals surface area contributed by atoms with Gasteiger partial charge in [0, 0.05) is 41.7 Å². The van der Waals surface area contributed by atoms with Crippen molar-refractivity contribution < 1.29 is 14.3 Å². The maximum atomic E-state index is 15.8. The van der Waals surface area contributed by atoms with Crippen molar-refractivity contribution in [2.75, 3.05) is 4.90 Å². The van der Waals surface area contributed by atoms with Crippen molar-refractivity contribution in [2.24, 2.45) is 0 Å². The second-order valence-electron chi connectivity index (χ2n) is 10.7. The van der Waals surface area contributed by atoms with E-state index in [4.69, 9.17) is 5.11 Å². The number of halogens is 1. The lowest BCUT2D eigenvalue weighted by Gasteiger charge is -2.44. The molecule has 1 saturated carbocycles. The van der Waals surface area contributed by atoms with Crippen LogP contribution in [-0.4, -0.2) is 26.9 Å². The minimum Gasteiger partial charge on any atom is -0.478 e. The first-order chi connectivity index (χ1) is 18.9. The van der Waals surface area contributed by atoms with Gasteiger partial charge in [-0.15, -0.1) is 0 Å². The Kier molecular flexibility index (Phi) is 6.55. The fourth-order valence-electron chi connectivity index (χ4n) is 5.83. The number of fused-ring (bicyclic) bond motifs is 1. The van der Waals surface area contributed by atoms with Crippen molar-refractivity contribution in [3.63, 3.8) is 0 Å². The minimum absolute atomic E-state index is 0.133. The van der Waals surface area contributed by atoms with Gasteiger partial charge in [-0.2, -0.15) is 5.10 Å². The predicted molar refractivity (Wildman–Crippen MR) is 152 cm³/mol. The second-order valence-corrected chi connectivity index (χ2v) is 10.7. The molecule has 0 bridgehead atoms. The molecule has 0 amide bonds. The van der Waals surface area contributed by atoms with Gasteiger partial charge in [0.25, 0.3) is 0 Å². The molecule has 2 heterocycles. The Labute approximate surface area is 228 Å². The van der Waals surface area contributed by atoms with Crippen LogP contribution in [0.15, 0.2) is 79.1 Å². The summed E-state index contributed by atoms with van der Waals surface area (Å²) in [6, 6.07) is 20.1. The van der Waals surface area contributed by atoms with E-state index in [0.717, 1.165) is 41.4 Å². The zero-order valence-electron chi connectivity index (χ0n) is 22.2. The van der Waals surface area contributed by atoms with Gasteiger partial charge >= 0.3 is 5.97 Å². The molecule has 198 valence electrons. The molecule has 5 nitrogen and oxygen atoms in total. The first kappa shape index (κ1) is 25.1. The van der Waals surface area contributed by atoms with E-state index in [1.807, 2.05) is 10.9 Å². The lowest BCUT2D eigenvalue weighted by atomic mass is 9.83. The SMILES string of the molecule is CCn1cc(-c2ccc3c(c2)C[C@H](C)N(c2ccc(C4CC4)cc2)[C@H]3c2ccc(/C=C/C(=O)O)cc2F)cn1. The number of aliphatic carboxylic acids is 1. The highest BCUT2D eigenvalue weighted by atomic mass is 19.1. The molecule has 0 saturated heterocycles. The summed E-state index contributed by atoms with van der Waals surface area (Å²) in [6.45, 7) is 5.09. The van der Waals surface area contributed by atoms with Gasteiger partial charge in [0.05, 0.1) is 12.2 Å². The third kappa shape index (κ3) is 4.99. The number of nitrogens with zero attached hydrogens (tertiary/aromatic N) is 3. The van der Waals surface area contributed by atoms with Crippen molar-refractivity contribution in [3.8, 4) is 11.1 Å². The average Bonchev–Trinajstić information content (AvgIpc) is 3.67. The van der Waals surface area contributed by atoms with Crippen molar-refractivity contribution in [2.45, 2.75) is 57.7 Å². The van der Waals surface area contributed by atoms with Gasteiger partial charge in [-0.05, 0) is 91.1 Å². The van der Waals surface area contributed by atoms with Gasteiger partial charge in [0.2, 0.25) is 0 Å². The molecule has 1 N–H and O–H groups in total. The normalized spacial score (nSPS) is 18.9. The highest BCUT2D eigenvalue weighted by Gasteiger charge is 2.35. The molecular weight excluding hydrogens is 489 g/mol. The van der Waals surface area contributed by atoms with E-state index in [1.165, 1.54) is 36.1 Å². The maximum absolute atomic E-state index is 15.8. The maximum Gasteiger partial charge on any atom is 0.328 e. The van der Waals surface area contributed by atoms with Crippen LogP contribution < -0.4 is 4.90 Å². The standard InChI is InChI=1S/C33H32FN3O2/c1-3-36-20-27(19-35-36)25-10-14-29-26(18-25)16-21(2)37(28-11-8-24(9-12-28)23-6-7-23)33(29)30-13-4-22(17-31(30)34)5-15-32(38)39/h4-5,8-15,17-21,23,33H,3,6-7,16H2,1-2H3,(H,38,39)/b15-5+/t21-,33+/m0/s1. The average molecular weight is 522 g/mol. The summed E-state index contributed by atoms with van der Waals surface area (Å²) in [4.78, 5) is 13.3. The van der Waals surface area contributed by atoms with E-state index in [2.05, 4.69) is 72.5 Å². The van der Waals surface area contributed by atoms with Crippen LogP contribution in [0.2, 0.25) is 0 Å². The van der Waals surface area contributed by atoms with Gasteiger partial charge < -0.3 is 10.0 Å². The molecule has 4 aromatic rings. The number of benzene rings is 3. The monoisotopic (exact) mass is 521 g/mol. The number of carboxylic acid groups (broad SMARTS) is 1. The van der Waals surface area contributed by atoms with Crippen LogP contribution in [0.1, 0.15) is 66.5 Å². The van der Waals surface area contributed by atoms with Gasteiger partial charge in [0.1, 0.15) is 5.82 Å². The summed E-state index contributed by atoms with van der Waals surface area (Å²) < 4.78 is 17.7. The van der Waals surface area contributed by atoms with E-state index in [9.17, 15) is 4.79 Å². The predicted octanol–water partition coefficient (Wildman–Crippen LogP) is 7.22. The van der Waals surface area contributed by atoms with Crippen LogP contribution in [0.25, 0.3) is 17.2 Å². The molecule has 1 aliphatic carbocycles. The van der Waals surface area contributed by atoms with E-state index in [0.29, 0.717) is 17.0 Å². The first-order valence-electron chi connectivity index (χ1n) is 13.7. The van der Waals surface area contributed by atoms with Gasteiger partial charge in [-0.25, -0.2) is 9.18 Å². The Hall–Kier alpha value is -4.19. The van der Waals surface area contributed by atoms with Crippen LogP contribution in [-0.2, 0) is 17.8 Å². The Bertz CT molecular complexity index is 1550. The van der Waals surface area contributed by atoms with E-state index in [-0.39, 0.29) is 17.9 Å². The summed E-state index contributed by atoms with van der Waals surface area (Å²) in [5.41, 5.74) is 8.01. The van der Waals surface area contributed by atoms with Crippen LogP contribution >= 0.6 is 0 Å². The van der Waals surface area contributed by atoms with Crippen LogP contribution in [0.4, 0.5) is 10.1 Å². The lowest BCUT2D eigenvalue weighted by Crippen LogP contribution is -2.43. The topological polar surface area (TPSA) is 58.4 Å². The number of hydrogen-bond acceptors (Lipinski definition) is 3. The fourth-order valence-corrected chi connectivity index (χ4v) is 5.83. The smallest absolute Gasteiger partial charge is 0.328 e. The number of hydrogen-bond donors (Lipinski definition) is 1. The molecule has 0 unspecified atom stereocenters. The number of carboxylic acids is 1. The summed E-state index contributed by atoms with van der Waals surface area (Å²) >= 11 is 0. The van der Waals surface area contributed by atoms with Crippen LogP contribution in [0, 0.1) is 5.82 Å². The van der Waals surface area contributed by atoms with E-state index < -0.39 is 5.97 Å². The molecule has 0 radical (unpaired) electrons. The third-order valence-electron chi connectivity index (χ3n) is 7.97. The van der Waals surface area contributed by atoms with E-state index in [1.54, 1.807) is 12.1 Å². The molecule has 39 heavy (non-hydrogen) atoms. The van der Waals surface area contributed by atoms with E-state index >= 15 is 4.39 Å². The molecule has 0 spiro atoms. The summed E-state index contributed by atoms with van der Waals surface area (Å²) in [5, 5.41) is 13.4. The Morgan fingerprint density at radius 2 is 1.82 bits per heavy atom. The zero-order valence-corrected chi connectivity index (χ0v) is 22.2.